The summed E-state index contributed by atoms with van der Waals surface area (Å²) < 4.78 is 24.5. The number of morpholine rings is 1. The zero-order valence-corrected chi connectivity index (χ0v) is 15.5. The molecule has 7 heteroatoms. The third-order valence-electron chi connectivity index (χ3n) is 5.15. The van der Waals surface area contributed by atoms with Gasteiger partial charge < -0.3 is 19.1 Å². The van der Waals surface area contributed by atoms with E-state index in [9.17, 15) is 9.18 Å². The Morgan fingerprint density at radius 3 is 2.59 bits per heavy atom. The molecule has 2 heterocycles. The van der Waals surface area contributed by atoms with Gasteiger partial charge in [0.05, 0.1) is 25.3 Å². The molecule has 1 saturated heterocycles. The van der Waals surface area contributed by atoms with Crippen LogP contribution in [0.5, 0.6) is 0 Å². The Labute approximate surface area is 157 Å². The maximum Gasteiger partial charge on any atom is 0.233 e. The van der Waals surface area contributed by atoms with E-state index in [1.807, 2.05) is 4.90 Å². The van der Waals surface area contributed by atoms with Crippen molar-refractivity contribution in [2.24, 2.45) is 5.92 Å². The van der Waals surface area contributed by atoms with Gasteiger partial charge in [-0.3, -0.25) is 4.79 Å². The lowest BCUT2D eigenvalue weighted by molar-refractivity contribution is -0.129. The van der Waals surface area contributed by atoms with Crippen LogP contribution in [0.1, 0.15) is 25.3 Å². The number of halogens is 1. The highest BCUT2D eigenvalue weighted by Gasteiger charge is 2.30. The van der Waals surface area contributed by atoms with Crippen LogP contribution in [-0.2, 0) is 16.1 Å². The van der Waals surface area contributed by atoms with Gasteiger partial charge in [-0.2, -0.15) is 0 Å². The molecule has 1 aliphatic carbocycles. The van der Waals surface area contributed by atoms with Crippen molar-refractivity contribution in [3.63, 3.8) is 0 Å². The number of hydrogen-bond acceptors (Lipinski definition) is 5. The number of anilines is 1. The number of carbonyl (C=O) groups is 1. The van der Waals surface area contributed by atoms with E-state index >= 15 is 0 Å². The van der Waals surface area contributed by atoms with Gasteiger partial charge in [0.2, 0.25) is 11.8 Å². The number of aromatic nitrogens is 1. The molecule has 1 amide bonds. The lowest BCUT2D eigenvalue weighted by Gasteiger charge is -2.28. The third-order valence-corrected chi connectivity index (χ3v) is 5.15. The molecular formula is C20H24FN3O3. The summed E-state index contributed by atoms with van der Waals surface area (Å²) in [4.78, 5) is 16.2. The van der Waals surface area contributed by atoms with Crippen LogP contribution >= 0.6 is 0 Å². The molecule has 2 fully saturated rings. The number of carbonyl (C=O) groups excluding carboxylic acids is 1. The maximum atomic E-state index is 13.3. The van der Waals surface area contributed by atoms with E-state index in [1.165, 1.54) is 25.0 Å². The molecule has 0 spiro atoms. The minimum atomic E-state index is -0.295. The zero-order chi connectivity index (χ0) is 18.8. The second-order valence-electron chi connectivity index (χ2n) is 7.26. The van der Waals surface area contributed by atoms with Crippen LogP contribution in [0.2, 0.25) is 0 Å². The molecule has 0 bridgehead atoms. The van der Waals surface area contributed by atoms with Crippen molar-refractivity contribution in [1.29, 1.82) is 0 Å². The van der Waals surface area contributed by atoms with Crippen LogP contribution in [0.3, 0.4) is 0 Å². The van der Waals surface area contributed by atoms with Crippen LogP contribution in [0, 0.1) is 11.7 Å². The van der Waals surface area contributed by atoms with Gasteiger partial charge in [0.1, 0.15) is 11.5 Å². The van der Waals surface area contributed by atoms with Crippen molar-refractivity contribution in [1.82, 2.24) is 10.1 Å². The SMILES string of the molecule is CC(=O)N(Cc1c(-c2ccc(F)cc2)noc1N1CCOCC1)CC1CC1. The summed E-state index contributed by atoms with van der Waals surface area (Å²) in [7, 11) is 0. The van der Waals surface area contributed by atoms with E-state index in [2.05, 4.69) is 10.1 Å². The fourth-order valence-electron chi connectivity index (χ4n) is 3.40. The van der Waals surface area contributed by atoms with Crippen LogP contribution in [-0.4, -0.2) is 48.8 Å². The average molecular weight is 373 g/mol. The van der Waals surface area contributed by atoms with E-state index in [4.69, 9.17) is 9.26 Å². The van der Waals surface area contributed by atoms with Gasteiger partial charge in [-0.25, -0.2) is 4.39 Å². The quantitative estimate of drug-likeness (QED) is 0.779. The number of benzene rings is 1. The summed E-state index contributed by atoms with van der Waals surface area (Å²) >= 11 is 0. The first kappa shape index (κ1) is 18.0. The van der Waals surface area contributed by atoms with E-state index < -0.39 is 0 Å². The number of amides is 1. The first-order chi connectivity index (χ1) is 13.1. The maximum absolute atomic E-state index is 13.3. The highest BCUT2D eigenvalue weighted by atomic mass is 19.1. The summed E-state index contributed by atoms with van der Waals surface area (Å²) in [6.45, 7) is 5.49. The monoisotopic (exact) mass is 373 g/mol. The number of nitrogens with zero attached hydrogens (tertiary/aromatic N) is 3. The Bertz CT molecular complexity index is 795. The predicted octanol–water partition coefficient (Wildman–Crippen LogP) is 3.08. The molecule has 144 valence electrons. The minimum absolute atomic E-state index is 0.0427. The van der Waals surface area contributed by atoms with E-state index in [0.29, 0.717) is 50.3 Å². The number of rotatable bonds is 6. The smallest absolute Gasteiger partial charge is 0.233 e. The Morgan fingerprint density at radius 1 is 1.26 bits per heavy atom. The van der Waals surface area contributed by atoms with E-state index in [1.54, 1.807) is 19.1 Å². The molecule has 6 nitrogen and oxygen atoms in total. The first-order valence-corrected chi connectivity index (χ1v) is 9.44. The van der Waals surface area contributed by atoms with E-state index in [0.717, 1.165) is 17.7 Å². The molecule has 1 aliphatic heterocycles. The van der Waals surface area contributed by atoms with Crippen molar-refractivity contribution in [2.75, 3.05) is 37.7 Å². The lowest BCUT2D eigenvalue weighted by atomic mass is 10.1. The minimum Gasteiger partial charge on any atom is -0.378 e. The van der Waals surface area contributed by atoms with E-state index in [-0.39, 0.29) is 11.7 Å². The van der Waals surface area contributed by atoms with Crippen LogP contribution < -0.4 is 4.90 Å². The van der Waals surface area contributed by atoms with Gasteiger partial charge in [-0.15, -0.1) is 0 Å². The van der Waals surface area contributed by atoms with Crippen LogP contribution in [0.25, 0.3) is 11.3 Å². The highest BCUT2D eigenvalue weighted by molar-refractivity contribution is 5.75. The Morgan fingerprint density at radius 2 is 1.96 bits per heavy atom. The summed E-state index contributed by atoms with van der Waals surface area (Å²) in [6, 6.07) is 6.21. The number of hydrogen-bond donors (Lipinski definition) is 0. The van der Waals surface area contributed by atoms with Gasteiger partial charge >= 0.3 is 0 Å². The highest BCUT2D eigenvalue weighted by Crippen LogP contribution is 2.35. The summed E-state index contributed by atoms with van der Waals surface area (Å²) in [5.74, 6) is 1.02. The fourth-order valence-corrected chi connectivity index (χ4v) is 3.40. The van der Waals surface area contributed by atoms with Crippen LogP contribution in [0.4, 0.5) is 10.3 Å². The molecule has 2 aromatic rings. The van der Waals surface area contributed by atoms with Crippen molar-refractivity contribution in [3.05, 3.63) is 35.6 Å². The first-order valence-electron chi connectivity index (χ1n) is 9.44. The predicted molar refractivity (Wildman–Crippen MR) is 98.7 cm³/mol. The molecule has 0 unspecified atom stereocenters. The van der Waals surface area contributed by atoms with Crippen molar-refractivity contribution >= 4 is 11.8 Å². The third kappa shape index (κ3) is 4.13. The Kier molecular flexibility index (Phi) is 5.11. The molecule has 2 aliphatic rings. The molecule has 0 radical (unpaired) electrons. The Hall–Kier alpha value is -2.41. The molecular weight excluding hydrogens is 349 g/mol. The second-order valence-corrected chi connectivity index (χ2v) is 7.26. The molecule has 0 N–H and O–H groups in total. The van der Waals surface area contributed by atoms with Crippen molar-refractivity contribution in [3.8, 4) is 11.3 Å². The normalized spacial score (nSPS) is 17.2. The average Bonchev–Trinajstić information content (AvgIpc) is 3.40. The molecule has 1 aromatic carbocycles. The summed E-state index contributed by atoms with van der Waals surface area (Å²) in [5, 5.41) is 4.28. The van der Waals surface area contributed by atoms with Gasteiger partial charge in [0.15, 0.2) is 0 Å². The van der Waals surface area contributed by atoms with Gasteiger partial charge in [0, 0.05) is 32.1 Å². The topological polar surface area (TPSA) is 58.8 Å². The van der Waals surface area contributed by atoms with Crippen molar-refractivity contribution in [2.45, 2.75) is 26.3 Å². The zero-order valence-electron chi connectivity index (χ0n) is 15.5. The Balaban J connectivity index is 1.68. The fraction of sp³-hybridized carbons (Fsp3) is 0.500. The van der Waals surface area contributed by atoms with Gasteiger partial charge in [-0.05, 0) is 43.0 Å². The lowest BCUT2D eigenvalue weighted by Crippen LogP contribution is -2.37. The van der Waals surface area contributed by atoms with Crippen molar-refractivity contribution < 1.29 is 18.4 Å². The summed E-state index contributed by atoms with van der Waals surface area (Å²) in [6.07, 6.45) is 2.35. The molecule has 0 atom stereocenters. The molecule has 27 heavy (non-hydrogen) atoms. The summed E-state index contributed by atoms with van der Waals surface area (Å²) in [5.41, 5.74) is 2.32. The second kappa shape index (κ2) is 7.68. The number of ether oxygens (including phenoxy) is 1. The largest absolute Gasteiger partial charge is 0.378 e. The standard InChI is InChI=1S/C20H24FN3O3/c1-14(25)24(12-15-2-3-15)13-18-19(16-4-6-17(21)7-5-16)22-27-20(18)23-8-10-26-11-9-23/h4-7,15H,2-3,8-13H2,1H3. The molecule has 1 aromatic heterocycles. The van der Waals surface area contributed by atoms with Crippen LogP contribution in [0.15, 0.2) is 28.8 Å². The van der Waals surface area contributed by atoms with Gasteiger partial charge in [-0.1, -0.05) is 5.16 Å². The molecule has 4 rings (SSSR count). The molecule has 1 saturated carbocycles. The van der Waals surface area contributed by atoms with Gasteiger partial charge in [0.25, 0.3) is 0 Å².